The minimum Gasteiger partial charge on any atom is -0.494 e. The van der Waals surface area contributed by atoms with Crippen LogP contribution >= 0.6 is 11.6 Å². The highest BCUT2D eigenvalue weighted by molar-refractivity contribution is 7.89. The second-order valence-electron chi connectivity index (χ2n) is 9.48. The zero-order valence-electron chi connectivity index (χ0n) is 23.3. The number of benzene rings is 2. The number of sulfonamides is 1. The van der Waals surface area contributed by atoms with Gasteiger partial charge in [0.05, 0.1) is 36.1 Å². The van der Waals surface area contributed by atoms with Gasteiger partial charge in [-0.3, -0.25) is 4.79 Å². The molecule has 1 aliphatic rings. The van der Waals surface area contributed by atoms with Gasteiger partial charge in [-0.1, -0.05) is 30.3 Å². The number of anilines is 6. The number of piperazine rings is 1. The van der Waals surface area contributed by atoms with Crippen molar-refractivity contribution in [2.24, 2.45) is 0 Å². The van der Waals surface area contributed by atoms with Gasteiger partial charge in [-0.05, 0) is 31.3 Å². The van der Waals surface area contributed by atoms with Gasteiger partial charge in [0.2, 0.25) is 21.9 Å². The SMILES string of the molecule is C=CC(=O)Nc1cc(Nc2ncc(Cl)c(Nc3ccccc3S(=O)(=O)N(C)C)n2)c(OC)cc1N1CCN(C)CC1. The maximum atomic E-state index is 12.8. The Morgan fingerprint density at radius 2 is 1.80 bits per heavy atom. The summed E-state index contributed by atoms with van der Waals surface area (Å²) in [7, 11) is 2.80. The number of para-hydroxylation sites is 1. The van der Waals surface area contributed by atoms with E-state index in [1.165, 1.54) is 32.4 Å². The van der Waals surface area contributed by atoms with Gasteiger partial charge in [-0.25, -0.2) is 17.7 Å². The Morgan fingerprint density at radius 3 is 2.46 bits per heavy atom. The van der Waals surface area contributed by atoms with Crippen molar-refractivity contribution in [1.29, 1.82) is 0 Å². The van der Waals surface area contributed by atoms with E-state index >= 15 is 0 Å². The average molecular weight is 601 g/mol. The second-order valence-corrected chi connectivity index (χ2v) is 12.0. The Balaban J connectivity index is 1.69. The lowest BCUT2D eigenvalue weighted by Crippen LogP contribution is -2.44. The van der Waals surface area contributed by atoms with Crippen molar-refractivity contribution >= 4 is 62.0 Å². The highest BCUT2D eigenvalue weighted by Crippen LogP contribution is 2.39. The summed E-state index contributed by atoms with van der Waals surface area (Å²) >= 11 is 6.39. The number of amides is 1. The molecule has 0 saturated carbocycles. The number of halogens is 1. The topological polar surface area (TPSA) is 132 Å². The molecule has 0 spiro atoms. The molecule has 2 aromatic carbocycles. The van der Waals surface area contributed by atoms with Crippen LogP contribution in [0.5, 0.6) is 5.75 Å². The summed E-state index contributed by atoms with van der Waals surface area (Å²) in [5, 5.41) is 9.22. The van der Waals surface area contributed by atoms with Crippen LogP contribution in [0.4, 0.5) is 34.5 Å². The third-order valence-electron chi connectivity index (χ3n) is 6.49. The number of hydrogen-bond acceptors (Lipinski definition) is 10. The van der Waals surface area contributed by atoms with E-state index in [1.54, 1.807) is 31.4 Å². The first kappa shape index (κ1) is 30.1. The lowest BCUT2D eigenvalue weighted by molar-refractivity contribution is -0.111. The van der Waals surface area contributed by atoms with Gasteiger partial charge >= 0.3 is 0 Å². The van der Waals surface area contributed by atoms with E-state index in [0.29, 0.717) is 22.8 Å². The van der Waals surface area contributed by atoms with Crippen LogP contribution in [0.2, 0.25) is 5.02 Å². The first-order valence-electron chi connectivity index (χ1n) is 12.7. The van der Waals surface area contributed by atoms with Gasteiger partial charge in [0.25, 0.3) is 0 Å². The fourth-order valence-electron chi connectivity index (χ4n) is 4.18. The van der Waals surface area contributed by atoms with E-state index in [-0.39, 0.29) is 27.6 Å². The van der Waals surface area contributed by atoms with Gasteiger partial charge in [0, 0.05) is 46.3 Å². The molecule has 2 heterocycles. The predicted molar refractivity (Wildman–Crippen MR) is 162 cm³/mol. The molecule has 0 unspecified atom stereocenters. The minimum absolute atomic E-state index is 0.0676. The van der Waals surface area contributed by atoms with Crippen LogP contribution in [-0.2, 0) is 14.8 Å². The van der Waals surface area contributed by atoms with Crippen molar-refractivity contribution in [3.05, 3.63) is 60.3 Å². The van der Waals surface area contributed by atoms with E-state index < -0.39 is 10.0 Å². The summed E-state index contributed by atoms with van der Waals surface area (Å²) in [6, 6.07) is 10.1. The van der Waals surface area contributed by atoms with Gasteiger partial charge < -0.3 is 30.5 Å². The van der Waals surface area contributed by atoms with Crippen molar-refractivity contribution in [3.8, 4) is 5.75 Å². The summed E-state index contributed by atoms with van der Waals surface area (Å²) in [5.74, 6) is 0.512. The molecule has 41 heavy (non-hydrogen) atoms. The third-order valence-corrected chi connectivity index (χ3v) is 8.64. The Hall–Kier alpha value is -3.91. The quantitative estimate of drug-likeness (QED) is 0.296. The molecule has 1 saturated heterocycles. The number of likely N-dealkylation sites (N-methyl/N-ethyl adjacent to an activating group) is 1. The molecule has 1 aromatic heterocycles. The van der Waals surface area contributed by atoms with Crippen LogP contribution in [0.25, 0.3) is 0 Å². The van der Waals surface area contributed by atoms with Crippen molar-refractivity contribution in [2.75, 3.05) is 75.3 Å². The lowest BCUT2D eigenvalue weighted by Gasteiger charge is -2.35. The molecule has 14 heteroatoms. The van der Waals surface area contributed by atoms with Crippen molar-refractivity contribution < 1.29 is 17.9 Å². The summed E-state index contributed by atoms with van der Waals surface area (Å²) in [6.07, 6.45) is 2.60. The molecular formula is C27H33ClN8O4S. The fourth-order valence-corrected chi connectivity index (χ4v) is 5.36. The van der Waals surface area contributed by atoms with Crippen LogP contribution in [0, 0.1) is 0 Å². The lowest BCUT2D eigenvalue weighted by atomic mass is 10.1. The number of carbonyl (C=O) groups excluding carboxylic acids is 1. The third kappa shape index (κ3) is 6.88. The molecule has 3 N–H and O–H groups in total. The first-order valence-corrected chi connectivity index (χ1v) is 14.5. The minimum atomic E-state index is -3.74. The Morgan fingerprint density at radius 1 is 1.10 bits per heavy atom. The maximum absolute atomic E-state index is 12.8. The Kier molecular flexibility index (Phi) is 9.33. The van der Waals surface area contributed by atoms with Crippen molar-refractivity contribution in [2.45, 2.75) is 4.90 Å². The van der Waals surface area contributed by atoms with Crippen molar-refractivity contribution in [3.63, 3.8) is 0 Å². The van der Waals surface area contributed by atoms with Crippen LogP contribution in [-0.4, -0.2) is 87.9 Å². The first-order chi connectivity index (χ1) is 19.5. The molecule has 1 fully saturated rings. The normalized spacial score (nSPS) is 14.0. The average Bonchev–Trinajstić information content (AvgIpc) is 2.95. The molecular weight excluding hydrogens is 568 g/mol. The fraction of sp³-hybridized carbons (Fsp3) is 0.296. The standard InChI is InChI=1S/C27H33ClN8O4S/c1-6-25(37)30-20-15-21(23(40-5)16-22(20)36-13-11-35(4)12-14-36)32-27-29-17-18(28)26(33-27)31-19-9-7-8-10-24(19)41(38,39)34(2)3/h6-10,15-17H,1,11-14H2,2-5H3,(H,30,37)(H2,29,31,32,33). The molecule has 4 rings (SSSR count). The van der Waals surface area contributed by atoms with E-state index in [9.17, 15) is 13.2 Å². The summed E-state index contributed by atoms with van der Waals surface area (Å²) in [5.41, 5.74) is 2.18. The molecule has 12 nitrogen and oxygen atoms in total. The number of methoxy groups -OCH3 is 1. The summed E-state index contributed by atoms with van der Waals surface area (Å²) in [6.45, 7) is 6.89. The number of hydrogen-bond donors (Lipinski definition) is 3. The zero-order chi connectivity index (χ0) is 29.7. The maximum Gasteiger partial charge on any atom is 0.247 e. The highest BCUT2D eigenvalue weighted by Gasteiger charge is 2.23. The molecule has 218 valence electrons. The van der Waals surface area contributed by atoms with Crippen LogP contribution in [0.1, 0.15) is 0 Å². The van der Waals surface area contributed by atoms with E-state index in [1.807, 2.05) is 6.07 Å². The molecule has 1 amide bonds. The molecule has 0 atom stereocenters. The monoisotopic (exact) mass is 600 g/mol. The number of nitrogens with one attached hydrogen (secondary N) is 3. The Bertz CT molecular complexity index is 1540. The number of ether oxygens (including phenoxy) is 1. The summed E-state index contributed by atoms with van der Waals surface area (Å²) in [4.78, 5) is 25.5. The molecule has 1 aliphatic heterocycles. The number of carbonyl (C=O) groups is 1. The second kappa shape index (κ2) is 12.7. The Labute approximate surface area is 245 Å². The smallest absolute Gasteiger partial charge is 0.247 e. The van der Waals surface area contributed by atoms with E-state index in [0.717, 1.165) is 36.2 Å². The van der Waals surface area contributed by atoms with Crippen molar-refractivity contribution in [1.82, 2.24) is 19.2 Å². The van der Waals surface area contributed by atoms with Crippen LogP contribution in [0.15, 0.2) is 60.1 Å². The van der Waals surface area contributed by atoms with E-state index in [2.05, 4.69) is 49.3 Å². The molecule has 3 aromatic rings. The molecule has 0 radical (unpaired) electrons. The molecule has 0 bridgehead atoms. The number of aromatic nitrogens is 2. The number of rotatable bonds is 10. The van der Waals surface area contributed by atoms with Crippen LogP contribution < -0.4 is 25.6 Å². The molecule has 0 aliphatic carbocycles. The summed E-state index contributed by atoms with van der Waals surface area (Å²) < 4.78 is 32.5. The predicted octanol–water partition coefficient (Wildman–Crippen LogP) is 3.75. The zero-order valence-corrected chi connectivity index (χ0v) is 24.9. The van der Waals surface area contributed by atoms with Gasteiger partial charge in [0.1, 0.15) is 15.7 Å². The van der Waals surface area contributed by atoms with Gasteiger partial charge in [0.15, 0.2) is 5.82 Å². The van der Waals surface area contributed by atoms with E-state index in [4.69, 9.17) is 16.3 Å². The van der Waals surface area contributed by atoms with Gasteiger partial charge in [-0.2, -0.15) is 4.98 Å². The highest BCUT2D eigenvalue weighted by atomic mass is 35.5. The largest absolute Gasteiger partial charge is 0.494 e. The van der Waals surface area contributed by atoms with Gasteiger partial charge in [-0.15, -0.1) is 0 Å². The number of nitrogens with zero attached hydrogens (tertiary/aromatic N) is 5. The van der Waals surface area contributed by atoms with Crippen LogP contribution in [0.3, 0.4) is 0 Å².